The van der Waals surface area contributed by atoms with Crippen LogP contribution in [0.15, 0.2) is 24.1 Å². The number of nitrogens with two attached hydrogens (primary N) is 1. The summed E-state index contributed by atoms with van der Waals surface area (Å²) in [6.45, 7) is 9.28. The predicted molar refractivity (Wildman–Crippen MR) is 45.4 cm³/mol. The molecule has 0 spiro atoms. The van der Waals surface area contributed by atoms with Crippen LogP contribution in [-0.4, -0.2) is 7.11 Å². The van der Waals surface area contributed by atoms with Crippen LogP contribution in [0.4, 0.5) is 0 Å². The van der Waals surface area contributed by atoms with Crippen LogP contribution in [0.3, 0.4) is 0 Å². The van der Waals surface area contributed by atoms with E-state index in [0.717, 1.165) is 5.76 Å². The Morgan fingerprint density at radius 1 is 1.50 bits per heavy atom. The first-order valence-corrected chi connectivity index (χ1v) is 3.33. The van der Waals surface area contributed by atoms with Crippen molar-refractivity contribution < 1.29 is 4.74 Å². The van der Waals surface area contributed by atoms with E-state index in [9.17, 15) is 0 Å². The second kappa shape index (κ2) is 8.08. The van der Waals surface area contributed by atoms with Gasteiger partial charge >= 0.3 is 0 Å². The molecule has 0 amide bonds. The van der Waals surface area contributed by atoms with E-state index in [1.807, 2.05) is 20.8 Å². The second-order valence-corrected chi connectivity index (χ2v) is 1.53. The van der Waals surface area contributed by atoms with Crippen LogP contribution in [0, 0.1) is 0 Å². The van der Waals surface area contributed by atoms with Gasteiger partial charge in [-0.3, -0.25) is 0 Å². The number of ether oxygens (including phenoxy) is 1. The van der Waals surface area contributed by atoms with Gasteiger partial charge in [0.1, 0.15) is 0 Å². The Bertz CT molecular complexity index is 116. The van der Waals surface area contributed by atoms with Gasteiger partial charge < -0.3 is 10.5 Å². The van der Waals surface area contributed by atoms with Crippen LogP contribution in [0.1, 0.15) is 20.8 Å². The van der Waals surface area contributed by atoms with E-state index in [4.69, 9.17) is 10.5 Å². The van der Waals surface area contributed by atoms with E-state index in [1.165, 1.54) is 0 Å². The summed E-state index contributed by atoms with van der Waals surface area (Å²) in [6, 6.07) is 0. The molecule has 0 radical (unpaired) electrons. The van der Waals surface area contributed by atoms with Crippen LogP contribution in [0.25, 0.3) is 0 Å². The molecule has 0 aliphatic heterocycles. The fraction of sp³-hybridized carbons (Fsp3) is 0.500. The fourth-order valence-electron chi connectivity index (χ4n) is 0.320. The number of rotatable bonds is 2. The van der Waals surface area contributed by atoms with Crippen molar-refractivity contribution in [3.05, 3.63) is 24.1 Å². The molecule has 0 aliphatic rings. The molecule has 0 bridgehead atoms. The van der Waals surface area contributed by atoms with Gasteiger partial charge in [-0.1, -0.05) is 20.4 Å². The van der Waals surface area contributed by atoms with Crippen molar-refractivity contribution in [1.29, 1.82) is 0 Å². The van der Waals surface area contributed by atoms with Crippen molar-refractivity contribution in [1.82, 2.24) is 0 Å². The SMILES string of the molecule is C=C(N)/C=C(\C)OC.CC. The van der Waals surface area contributed by atoms with Crippen molar-refractivity contribution in [3.8, 4) is 0 Å². The van der Waals surface area contributed by atoms with E-state index in [2.05, 4.69) is 6.58 Å². The highest BCUT2D eigenvalue weighted by atomic mass is 16.5. The molecule has 0 atom stereocenters. The molecule has 0 aliphatic carbocycles. The van der Waals surface area contributed by atoms with Crippen LogP contribution < -0.4 is 5.73 Å². The highest BCUT2D eigenvalue weighted by Gasteiger charge is 1.81. The largest absolute Gasteiger partial charge is 0.501 e. The number of methoxy groups -OCH3 is 1. The monoisotopic (exact) mass is 143 g/mol. The van der Waals surface area contributed by atoms with E-state index < -0.39 is 0 Å². The average Bonchev–Trinajstić information content (AvgIpc) is 1.91. The van der Waals surface area contributed by atoms with E-state index >= 15 is 0 Å². The van der Waals surface area contributed by atoms with Crippen LogP contribution >= 0.6 is 0 Å². The summed E-state index contributed by atoms with van der Waals surface area (Å²) in [5, 5.41) is 0. The molecule has 0 rings (SSSR count). The zero-order valence-electron chi connectivity index (χ0n) is 7.27. The Morgan fingerprint density at radius 2 is 1.90 bits per heavy atom. The number of allylic oxidation sites excluding steroid dienone is 2. The zero-order chi connectivity index (χ0) is 8.57. The van der Waals surface area contributed by atoms with Crippen LogP contribution in [0.5, 0.6) is 0 Å². The fourth-order valence-corrected chi connectivity index (χ4v) is 0.320. The summed E-state index contributed by atoms with van der Waals surface area (Å²) in [4.78, 5) is 0. The Kier molecular flexibility index (Phi) is 9.56. The minimum atomic E-state index is 0.518. The van der Waals surface area contributed by atoms with E-state index in [1.54, 1.807) is 13.2 Å². The average molecular weight is 143 g/mol. The van der Waals surface area contributed by atoms with Crippen molar-refractivity contribution in [2.45, 2.75) is 20.8 Å². The lowest BCUT2D eigenvalue weighted by Gasteiger charge is -1.95. The van der Waals surface area contributed by atoms with Crippen molar-refractivity contribution in [2.75, 3.05) is 7.11 Å². The summed E-state index contributed by atoms with van der Waals surface area (Å²) >= 11 is 0. The van der Waals surface area contributed by atoms with Gasteiger partial charge in [0.2, 0.25) is 0 Å². The molecule has 0 aromatic rings. The van der Waals surface area contributed by atoms with Crippen molar-refractivity contribution in [2.24, 2.45) is 5.73 Å². The van der Waals surface area contributed by atoms with E-state index in [-0.39, 0.29) is 0 Å². The number of hydrogen-bond donors (Lipinski definition) is 1. The van der Waals surface area contributed by atoms with Gasteiger partial charge in [0, 0.05) is 5.70 Å². The molecule has 0 saturated heterocycles. The molecule has 2 heteroatoms. The minimum absolute atomic E-state index is 0.518. The van der Waals surface area contributed by atoms with Crippen LogP contribution in [-0.2, 0) is 4.74 Å². The summed E-state index contributed by atoms with van der Waals surface area (Å²) < 4.78 is 4.78. The molecule has 0 fully saturated rings. The third-order valence-corrected chi connectivity index (χ3v) is 0.711. The first-order chi connectivity index (χ1) is 4.66. The smallest absolute Gasteiger partial charge is 0.0944 e. The predicted octanol–water partition coefficient (Wildman–Crippen LogP) is 2.04. The first kappa shape index (κ1) is 11.8. The summed E-state index contributed by atoms with van der Waals surface area (Å²) in [5.74, 6) is 0.775. The number of hydrogen-bond acceptors (Lipinski definition) is 2. The molecular formula is C8H17NO. The Morgan fingerprint density at radius 3 is 2.00 bits per heavy atom. The third-order valence-electron chi connectivity index (χ3n) is 0.711. The van der Waals surface area contributed by atoms with E-state index in [0.29, 0.717) is 5.70 Å². The maximum Gasteiger partial charge on any atom is 0.0944 e. The van der Waals surface area contributed by atoms with Crippen molar-refractivity contribution >= 4 is 0 Å². The van der Waals surface area contributed by atoms with Gasteiger partial charge in [0.25, 0.3) is 0 Å². The topological polar surface area (TPSA) is 35.2 Å². The quantitative estimate of drug-likeness (QED) is 0.474. The van der Waals surface area contributed by atoms with Gasteiger partial charge in [0.05, 0.1) is 12.9 Å². The normalized spacial score (nSPS) is 9.40. The maximum atomic E-state index is 5.22. The standard InChI is InChI=1S/C6H11NO.C2H6/c1-5(7)4-6(2)8-3;1-2/h4H,1,7H2,2-3H3;1-2H3/b6-4+;. The second-order valence-electron chi connectivity index (χ2n) is 1.53. The molecule has 0 aromatic carbocycles. The zero-order valence-corrected chi connectivity index (χ0v) is 7.27. The van der Waals surface area contributed by atoms with Gasteiger partial charge in [-0.15, -0.1) is 0 Å². The third kappa shape index (κ3) is 10.1. The maximum absolute atomic E-state index is 5.22. The lowest BCUT2D eigenvalue weighted by atomic mass is 10.4. The summed E-state index contributed by atoms with van der Waals surface area (Å²) in [7, 11) is 1.59. The molecule has 0 heterocycles. The first-order valence-electron chi connectivity index (χ1n) is 3.33. The lowest BCUT2D eigenvalue weighted by Crippen LogP contribution is -1.91. The van der Waals surface area contributed by atoms with Gasteiger partial charge in [-0.05, 0) is 13.0 Å². The molecule has 0 unspecified atom stereocenters. The summed E-state index contributed by atoms with van der Waals surface area (Å²) in [6.07, 6.45) is 1.67. The molecular weight excluding hydrogens is 126 g/mol. The molecule has 60 valence electrons. The summed E-state index contributed by atoms with van der Waals surface area (Å²) in [5.41, 5.74) is 5.74. The highest BCUT2D eigenvalue weighted by Crippen LogP contribution is 1.93. The molecule has 10 heavy (non-hydrogen) atoms. The Labute approximate surface area is 63.4 Å². The van der Waals surface area contributed by atoms with Gasteiger partial charge in [-0.25, -0.2) is 0 Å². The molecule has 2 nitrogen and oxygen atoms in total. The Balaban J connectivity index is 0. The lowest BCUT2D eigenvalue weighted by molar-refractivity contribution is 0.293. The van der Waals surface area contributed by atoms with Gasteiger partial charge in [-0.2, -0.15) is 0 Å². The van der Waals surface area contributed by atoms with Crippen LogP contribution in [0.2, 0.25) is 0 Å². The Hall–Kier alpha value is -0.920. The molecule has 2 N–H and O–H groups in total. The molecule has 0 aromatic heterocycles. The highest BCUT2D eigenvalue weighted by molar-refractivity contribution is 5.12. The van der Waals surface area contributed by atoms with Crippen molar-refractivity contribution in [3.63, 3.8) is 0 Å². The van der Waals surface area contributed by atoms with Gasteiger partial charge in [0.15, 0.2) is 0 Å². The minimum Gasteiger partial charge on any atom is -0.501 e. The molecule has 0 saturated carbocycles.